The molecule has 1 aliphatic heterocycles. The van der Waals surface area contributed by atoms with Gasteiger partial charge in [0, 0.05) is 12.1 Å². The van der Waals surface area contributed by atoms with E-state index in [1.807, 2.05) is 18.2 Å². The molecule has 1 heterocycles. The molecule has 4 nitrogen and oxygen atoms in total. The van der Waals surface area contributed by atoms with E-state index in [1.54, 1.807) is 24.3 Å². The van der Waals surface area contributed by atoms with Gasteiger partial charge in [0.1, 0.15) is 17.2 Å². The average Bonchev–Trinajstić information content (AvgIpc) is 2.56. The second-order valence-corrected chi connectivity index (χ2v) is 6.05. The minimum absolute atomic E-state index is 0.182. The lowest BCUT2D eigenvalue weighted by atomic mass is 10.0. The molecule has 0 spiro atoms. The van der Waals surface area contributed by atoms with E-state index in [0.29, 0.717) is 18.4 Å². The van der Waals surface area contributed by atoms with Crippen molar-refractivity contribution in [3.63, 3.8) is 0 Å². The summed E-state index contributed by atoms with van der Waals surface area (Å²) in [5, 5.41) is 22.8. The van der Waals surface area contributed by atoms with E-state index in [9.17, 15) is 10.2 Å². The van der Waals surface area contributed by atoms with Gasteiger partial charge in [0.15, 0.2) is 0 Å². The van der Waals surface area contributed by atoms with E-state index < -0.39 is 0 Å². The van der Waals surface area contributed by atoms with Gasteiger partial charge < -0.3 is 20.3 Å². The van der Waals surface area contributed by atoms with Crippen LogP contribution in [0, 0.1) is 0 Å². The lowest BCUT2D eigenvalue weighted by molar-refractivity contribution is 0.267. The summed E-state index contributed by atoms with van der Waals surface area (Å²) in [5.74, 6) is 1.08. The van der Waals surface area contributed by atoms with Gasteiger partial charge in [-0.3, -0.25) is 0 Å². The number of phenolic OH excluding ortho intramolecular Hbond substituents is 2. The summed E-state index contributed by atoms with van der Waals surface area (Å²) in [5.41, 5.74) is 1.80. The molecule has 0 aliphatic carbocycles. The SMILES string of the molecule is Oc1ccc(-c2cc(O)cc(OCCC3CCCCN3)c2)cc1. The molecule has 0 saturated carbocycles. The molecular weight excluding hydrogens is 290 g/mol. The average molecular weight is 313 g/mol. The smallest absolute Gasteiger partial charge is 0.123 e. The molecule has 0 aromatic heterocycles. The highest BCUT2D eigenvalue weighted by atomic mass is 16.5. The lowest BCUT2D eigenvalue weighted by Gasteiger charge is -2.23. The quantitative estimate of drug-likeness (QED) is 0.788. The Bertz CT molecular complexity index is 634. The molecule has 1 unspecified atom stereocenters. The fourth-order valence-electron chi connectivity index (χ4n) is 2.98. The van der Waals surface area contributed by atoms with Gasteiger partial charge in [-0.25, -0.2) is 0 Å². The summed E-state index contributed by atoms with van der Waals surface area (Å²) < 4.78 is 5.83. The van der Waals surface area contributed by atoms with E-state index >= 15 is 0 Å². The number of nitrogens with one attached hydrogen (secondary N) is 1. The highest BCUT2D eigenvalue weighted by molar-refractivity contribution is 5.67. The van der Waals surface area contributed by atoms with Crippen LogP contribution in [0.15, 0.2) is 42.5 Å². The van der Waals surface area contributed by atoms with Crippen LogP contribution in [-0.4, -0.2) is 29.4 Å². The molecule has 0 radical (unpaired) electrons. The predicted octanol–water partition coefficient (Wildman–Crippen LogP) is 3.68. The van der Waals surface area contributed by atoms with Crippen molar-refractivity contribution in [2.75, 3.05) is 13.2 Å². The van der Waals surface area contributed by atoms with Crippen molar-refractivity contribution in [1.82, 2.24) is 5.32 Å². The maximum atomic E-state index is 9.92. The predicted molar refractivity (Wildman–Crippen MR) is 91.0 cm³/mol. The monoisotopic (exact) mass is 313 g/mol. The van der Waals surface area contributed by atoms with Crippen molar-refractivity contribution in [2.24, 2.45) is 0 Å². The van der Waals surface area contributed by atoms with Crippen molar-refractivity contribution in [1.29, 1.82) is 0 Å². The minimum Gasteiger partial charge on any atom is -0.508 e. The van der Waals surface area contributed by atoms with Crippen molar-refractivity contribution in [2.45, 2.75) is 31.7 Å². The Balaban J connectivity index is 1.64. The zero-order chi connectivity index (χ0) is 16.1. The highest BCUT2D eigenvalue weighted by Gasteiger charge is 2.12. The highest BCUT2D eigenvalue weighted by Crippen LogP contribution is 2.30. The molecule has 3 N–H and O–H groups in total. The van der Waals surface area contributed by atoms with Gasteiger partial charge in [0.05, 0.1) is 6.61 Å². The Hall–Kier alpha value is -2.20. The lowest BCUT2D eigenvalue weighted by Crippen LogP contribution is -2.35. The maximum absolute atomic E-state index is 9.92. The normalized spacial score (nSPS) is 17.8. The van der Waals surface area contributed by atoms with E-state index in [4.69, 9.17) is 4.74 Å². The molecule has 122 valence electrons. The van der Waals surface area contributed by atoms with E-state index in [-0.39, 0.29) is 11.5 Å². The van der Waals surface area contributed by atoms with Crippen LogP contribution in [-0.2, 0) is 0 Å². The first-order valence-corrected chi connectivity index (χ1v) is 8.20. The van der Waals surface area contributed by atoms with Crippen LogP contribution < -0.4 is 10.1 Å². The Morgan fingerprint density at radius 2 is 1.78 bits per heavy atom. The molecule has 0 bridgehead atoms. The summed E-state index contributed by atoms with van der Waals surface area (Å²) in [6, 6.07) is 12.7. The van der Waals surface area contributed by atoms with Crippen LogP contribution in [0.1, 0.15) is 25.7 Å². The number of aromatic hydroxyl groups is 2. The zero-order valence-electron chi connectivity index (χ0n) is 13.2. The molecule has 1 aliphatic rings. The zero-order valence-corrected chi connectivity index (χ0v) is 13.2. The third kappa shape index (κ3) is 4.39. The summed E-state index contributed by atoms with van der Waals surface area (Å²) in [6.07, 6.45) is 4.74. The summed E-state index contributed by atoms with van der Waals surface area (Å²) in [4.78, 5) is 0. The van der Waals surface area contributed by atoms with Crippen LogP contribution in [0.2, 0.25) is 0 Å². The second kappa shape index (κ2) is 7.38. The number of hydrogen-bond donors (Lipinski definition) is 3. The topological polar surface area (TPSA) is 61.7 Å². The first-order valence-electron chi connectivity index (χ1n) is 8.20. The largest absolute Gasteiger partial charge is 0.508 e. The fourth-order valence-corrected chi connectivity index (χ4v) is 2.98. The van der Waals surface area contributed by atoms with Gasteiger partial charge in [0.25, 0.3) is 0 Å². The van der Waals surface area contributed by atoms with E-state index in [2.05, 4.69) is 5.32 Å². The van der Waals surface area contributed by atoms with Crippen molar-refractivity contribution in [3.05, 3.63) is 42.5 Å². The third-order valence-electron chi connectivity index (χ3n) is 4.24. The Kier molecular flexibility index (Phi) is 5.03. The van der Waals surface area contributed by atoms with Gasteiger partial charge in [-0.05, 0) is 61.2 Å². The molecule has 1 saturated heterocycles. The second-order valence-electron chi connectivity index (χ2n) is 6.05. The van der Waals surface area contributed by atoms with Crippen molar-refractivity contribution in [3.8, 4) is 28.4 Å². The number of rotatable bonds is 5. The molecule has 2 aromatic rings. The third-order valence-corrected chi connectivity index (χ3v) is 4.24. The number of ether oxygens (including phenoxy) is 1. The van der Waals surface area contributed by atoms with Crippen molar-refractivity contribution >= 4 is 0 Å². The molecule has 1 fully saturated rings. The van der Waals surface area contributed by atoms with Crippen LogP contribution in [0.4, 0.5) is 0 Å². The molecule has 1 atom stereocenters. The van der Waals surface area contributed by atoms with Gasteiger partial charge in [-0.15, -0.1) is 0 Å². The van der Waals surface area contributed by atoms with Gasteiger partial charge >= 0.3 is 0 Å². The summed E-state index contributed by atoms with van der Waals surface area (Å²) in [6.45, 7) is 1.73. The van der Waals surface area contributed by atoms with Gasteiger partial charge in [-0.2, -0.15) is 0 Å². The van der Waals surface area contributed by atoms with Gasteiger partial charge in [0.2, 0.25) is 0 Å². The fraction of sp³-hybridized carbons (Fsp3) is 0.368. The molecule has 0 amide bonds. The first kappa shape index (κ1) is 15.7. The molecule has 2 aromatic carbocycles. The minimum atomic E-state index is 0.182. The molecule has 3 rings (SSSR count). The number of piperidine rings is 1. The van der Waals surface area contributed by atoms with Crippen LogP contribution in [0.5, 0.6) is 17.2 Å². The van der Waals surface area contributed by atoms with E-state index in [1.165, 1.54) is 19.3 Å². The van der Waals surface area contributed by atoms with Crippen LogP contribution >= 0.6 is 0 Å². The maximum Gasteiger partial charge on any atom is 0.123 e. The number of hydrogen-bond acceptors (Lipinski definition) is 4. The first-order chi connectivity index (χ1) is 11.2. The Morgan fingerprint density at radius 3 is 2.52 bits per heavy atom. The number of phenols is 2. The van der Waals surface area contributed by atoms with Gasteiger partial charge in [-0.1, -0.05) is 18.6 Å². The standard InChI is InChI=1S/C19H23NO3/c21-17-6-4-14(5-7-17)15-11-18(22)13-19(12-15)23-10-8-16-3-1-2-9-20-16/h4-7,11-13,16,20-22H,1-3,8-10H2. The molecule has 4 heteroatoms. The van der Waals surface area contributed by atoms with Crippen LogP contribution in [0.3, 0.4) is 0 Å². The van der Waals surface area contributed by atoms with E-state index in [0.717, 1.165) is 24.1 Å². The van der Waals surface area contributed by atoms with Crippen LogP contribution in [0.25, 0.3) is 11.1 Å². The number of benzene rings is 2. The summed E-state index contributed by atoms with van der Waals surface area (Å²) >= 11 is 0. The summed E-state index contributed by atoms with van der Waals surface area (Å²) in [7, 11) is 0. The Labute approximate surface area is 136 Å². The Morgan fingerprint density at radius 1 is 0.957 bits per heavy atom. The van der Waals surface area contributed by atoms with Crippen molar-refractivity contribution < 1.29 is 14.9 Å². The molecular formula is C19H23NO3. The molecule has 23 heavy (non-hydrogen) atoms.